The Morgan fingerprint density at radius 2 is 2.13 bits per heavy atom. The van der Waals surface area contributed by atoms with Crippen molar-refractivity contribution in [2.24, 2.45) is 18.8 Å². The topological polar surface area (TPSA) is 55.9 Å². The van der Waals surface area contributed by atoms with Crippen molar-refractivity contribution in [1.82, 2.24) is 15.2 Å². The van der Waals surface area contributed by atoms with Gasteiger partial charge in [0.2, 0.25) is 0 Å². The van der Waals surface area contributed by atoms with E-state index in [1.165, 1.54) is 12.0 Å². The standard InChI is InChI=1S/C11H22N4/c1-8(2)5-6-11(13-12)10-7-15(4)14-9(10)3/h7-8,11,13H,5-6,12H2,1-4H3. The molecule has 0 amide bonds. The molecule has 0 aromatic carbocycles. The second-order valence-corrected chi connectivity index (χ2v) is 4.53. The van der Waals surface area contributed by atoms with Crippen molar-refractivity contribution in [2.75, 3.05) is 0 Å². The smallest absolute Gasteiger partial charge is 0.0641 e. The average Bonchev–Trinajstić information content (AvgIpc) is 2.46. The number of hydrogen-bond acceptors (Lipinski definition) is 3. The van der Waals surface area contributed by atoms with Crippen molar-refractivity contribution < 1.29 is 0 Å². The summed E-state index contributed by atoms with van der Waals surface area (Å²) in [6.45, 7) is 6.47. The molecule has 0 spiro atoms. The van der Waals surface area contributed by atoms with Crippen LogP contribution >= 0.6 is 0 Å². The van der Waals surface area contributed by atoms with Crippen LogP contribution in [0.5, 0.6) is 0 Å². The zero-order valence-electron chi connectivity index (χ0n) is 10.1. The fourth-order valence-corrected chi connectivity index (χ4v) is 1.79. The van der Waals surface area contributed by atoms with Gasteiger partial charge in [-0.15, -0.1) is 0 Å². The first-order valence-electron chi connectivity index (χ1n) is 5.50. The van der Waals surface area contributed by atoms with Crippen LogP contribution < -0.4 is 11.3 Å². The Morgan fingerprint density at radius 1 is 1.47 bits per heavy atom. The number of aryl methyl sites for hydroxylation is 2. The molecule has 1 atom stereocenters. The third-order valence-electron chi connectivity index (χ3n) is 2.66. The van der Waals surface area contributed by atoms with Gasteiger partial charge in [-0.2, -0.15) is 5.10 Å². The Morgan fingerprint density at radius 3 is 2.53 bits per heavy atom. The first-order chi connectivity index (χ1) is 7.04. The third-order valence-corrected chi connectivity index (χ3v) is 2.66. The van der Waals surface area contributed by atoms with Crippen molar-refractivity contribution in [3.8, 4) is 0 Å². The van der Waals surface area contributed by atoms with Crippen molar-refractivity contribution in [3.05, 3.63) is 17.5 Å². The Bertz CT molecular complexity index is 304. The first kappa shape index (κ1) is 12.2. The van der Waals surface area contributed by atoms with Crippen LogP contribution in [-0.2, 0) is 7.05 Å². The highest BCUT2D eigenvalue weighted by Crippen LogP contribution is 2.22. The molecule has 4 nitrogen and oxygen atoms in total. The first-order valence-corrected chi connectivity index (χ1v) is 5.50. The van der Waals surface area contributed by atoms with E-state index in [0.29, 0.717) is 5.92 Å². The Balaban J connectivity index is 2.69. The van der Waals surface area contributed by atoms with Crippen LogP contribution in [0, 0.1) is 12.8 Å². The van der Waals surface area contributed by atoms with E-state index < -0.39 is 0 Å². The number of nitrogens with two attached hydrogens (primary N) is 1. The molecular weight excluding hydrogens is 188 g/mol. The summed E-state index contributed by atoms with van der Waals surface area (Å²) in [5.41, 5.74) is 5.14. The van der Waals surface area contributed by atoms with Crippen molar-refractivity contribution in [2.45, 2.75) is 39.7 Å². The van der Waals surface area contributed by atoms with Gasteiger partial charge in [0, 0.05) is 24.8 Å². The van der Waals surface area contributed by atoms with Gasteiger partial charge in [-0.3, -0.25) is 16.0 Å². The summed E-state index contributed by atoms with van der Waals surface area (Å²) in [6.07, 6.45) is 4.27. The molecule has 0 radical (unpaired) electrons. The number of nitrogens with zero attached hydrogens (tertiary/aromatic N) is 2. The van der Waals surface area contributed by atoms with Crippen LogP contribution in [0.2, 0.25) is 0 Å². The van der Waals surface area contributed by atoms with E-state index in [1.807, 2.05) is 24.9 Å². The molecule has 0 saturated heterocycles. The number of nitrogens with one attached hydrogen (secondary N) is 1. The van der Waals surface area contributed by atoms with Crippen LogP contribution in [0.25, 0.3) is 0 Å². The van der Waals surface area contributed by atoms with Gasteiger partial charge in [0.15, 0.2) is 0 Å². The SMILES string of the molecule is Cc1nn(C)cc1C(CCC(C)C)NN. The normalized spacial score (nSPS) is 13.5. The van der Waals surface area contributed by atoms with Crippen molar-refractivity contribution in [1.29, 1.82) is 0 Å². The molecule has 1 aromatic heterocycles. The van der Waals surface area contributed by atoms with E-state index in [4.69, 9.17) is 5.84 Å². The predicted octanol–water partition coefficient (Wildman–Crippen LogP) is 1.67. The average molecular weight is 210 g/mol. The highest BCUT2D eigenvalue weighted by atomic mass is 15.3. The molecule has 4 heteroatoms. The lowest BCUT2D eigenvalue weighted by atomic mass is 9.99. The number of rotatable bonds is 5. The Hall–Kier alpha value is -0.870. The summed E-state index contributed by atoms with van der Waals surface area (Å²) in [6, 6.07) is 0.223. The molecule has 1 heterocycles. The van der Waals surface area contributed by atoms with Crippen LogP contribution in [0.3, 0.4) is 0 Å². The van der Waals surface area contributed by atoms with Crippen LogP contribution in [0.1, 0.15) is 44.0 Å². The molecule has 0 aliphatic carbocycles. The molecule has 0 aliphatic rings. The maximum atomic E-state index is 5.58. The second kappa shape index (κ2) is 5.28. The van der Waals surface area contributed by atoms with Gasteiger partial charge in [-0.1, -0.05) is 13.8 Å². The molecule has 15 heavy (non-hydrogen) atoms. The van der Waals surface area contributed by atoms with Crippen LogP contribution in [-0.4, -0.2) is 9.78 Å². The molecule has 0 bridgehead atoms. The number of aromatic nitrogens is 2. The summed E-state index contributed by atoms with van der Waals surface area (Å²) in [7, 11) is 1.94. The second-order valence-electron chi connectivity index (χ2n) is 4.53. The lowest BCUT2D eigenvalue weighted by Gasteiger charge is -2.16. The maximum Gasteiger partial charge on any atom is 0.0641 e. The van der Waals surface area contributed by atoms with Gasteiger partial charge in [0.1, 0.15) is 0 Å². The summed E-state index contributed by atoms with van der Waals surface area (Å²) in [5, 5.41) is 4.33. The molecule has 0 saturated carbocycles. The Labute approximate surface area is 91.8 Å². The van der Waals surface area contributed by atoms with E-state index in [0.717, 1.165) is 12.1 Å². The number of hydrogen-bond donors (Lipinski definition) is 2. The maximum absolute atomic E-state index is 5.58. The molecule has 0 aliphatic heterocycles. The third kappa shape index (κ3) is 3.32. The van der Waals surface area contributed by atoms with Gasteiger partial charge in [-0.25, -0.2) is 0 Å². The van der Waals surface area contributed by atoms with E-state index in [-0.39, 0.29) is 6.04 Å². The van der Waals surface area contributed by atoms with Crippen molar-refractivity contribution >= 4 is 0 Å². The van der Waals surface area contributed by atoms with Gasteiger partial charge < -0.3 is 0 Å². The molecule has 0 fully saturated rings. The summed E-state index contributed by atoms with van der Waals surface area (Å²) >= 11 is 0. The lowest BCUT2D eigenvalue weighted by molar-refractivity contribution is 0.447. The minimum Gasteiger partial charge on any atom is -0.275 e. The summed E-state index contributed by atoms with van der Waals surface area (Å²) < 4.78 is 1.84. The fourth-order valence-electron chi connectivity index (χ4n) is 1.79. The largest absolute Gasteiger partial charge is 0.275 e. The van der Waals surface area contributed by atoms with Gasteiger partial charge in [0.25, 0.3) is 0 Å². The highest BCUT2D eigenvalue weighted by Gasteiger charge is 2.15. The molecule has 86 valence electrons. The minimum absolute atomic E-state index is 0.223. The quantitative estimate of drug-likeness (QED) is 0.574. The van der Waals surface area contributed by atoms with Gasteiger partial charge in [0.05, 0.1) is 5.69 Å². The number of hydrazine groups is 1. The molecule has 1 unspecified atom stereocenters. The van der Waals surface area contributed by atoms with Gasteiger partial charge >= 0.3 is 0 Å². The van der Waals surface area contributed by atoms with Crippen LogP contribution in [0.4, 0.5) is 0 Å². The molecule has 3 N–H and O–H groups in total. The van der Waals surface area contributed by atoms with E-state index >= 15 is 0 Å². The summed E-state index contributed by atoms with van der Waals surface area (Å²) in [5.74, 6) is 6.29. The lowest BCUT2D eigenvalue weighted by Crippen LogP contribution is -2.28. The van der Waals surface area contributed by atoms with Gasteiger partial charge in [-0.05, 0) is 25.7 Å². The van der Waals surface area contributed by atoms with E-state index in [2.05, 4.69) is 24.4 Å². The summed E-state index contributed by atoms with van der Waals surface area (Å²) in [4.78, 5) is 0. The highest BCUT2D eigenvalue weighted by molar-refractivity contribution is 5.19. The zero-order chi connectivity index (χ0) is 11.4. The monoisotopic (exact) mass is 210 g/mol. The van der Waals surface area contributed by atoms with Crippen molar-refractivity contribution in [3.63, 3.8) is 0 Å². The molecule has 1 rings (SSSR count). The van der Waals surface area contributed by atoms with Crippen LogP contribution in [0.15, 0.2) is 6.20 Å². The van der Waals surface area contributed by atoms with E-state index in [9.17, 15) is 0 Å². The van der Waals surface area contributed by atoms with E-state index in [1.54, 1.807) is 0 Å². The fraction of sp³-hybridized carbons (Fsp3) is 0.727. The Kier molecular flexibility index (Phi) is 4.29. The zero-order valence-corrected chi connectivity index (χ0v) is 10.1. The minimum atomic E-state index is 0.223. The predicted molar refractivity (Wildman–Crippen MR) is 62.1 cm³/mol. The molecule has 1 aromatic rings. The molecular formula is C11H22N4.